The van der Waals surface area contributed by atoms with Crippen molar-refractivity contribution in [1.82, 2.24) is 4.40 Å². The Morgan fingerprint density at radius 2 is 0.594 bits per heavy atom. The summed E-state index contributed by atoms with van der Waals surface area (Å²) in [6, 6.07) is 99.1. The van der Waals surface area contributed by atoms with Crippen LogP contribution in [0.25, 0.3) is 82.6 Å². The largest absolute Gasteiger partial charge is 0.309 e. The topological polar surface area (TPSA) is 10.9 Å². The first-order valence-corrected chi connectivity index (χ1v) is 23.7. The van der Waals surface area contributed by atoms with Crippen molar-refractivity contribution >= 4 is 72.2 Å². The van der Waals surface area contributed by atoms with Crippen LogP contribution in [0, 0.1) is 0 Å². The lowest BCUT2D eigenvalue weighted by Gasteiger charge is -2.30. The summed E-state index contributed by atoms with van der Waals surface area (Å²) >= 11 is 0. The van der Waals surface area contributed by atoms with Crippen LogP contribution in [0.15, 0.2) is 273 Å². The Labute approximate surface area is 402 Å². The normalized spacial score (nSPS) is 11.5. The van der Waals surface area contributed by atoms with Gasteiger partial charge < -0.3 is 14.2 Å². The first-order chi connectivity index (χ1) is 34.3. The van der Waals surface area contributed by atoms with E-state index >= 15 is 0 Å². The number of anilines is 6. The maximum absolute atomic E-state index is 2.52. The molecule has 3 heteroatoms. The Bertz CT molecular complexity index is 3670. The first-order valence-electron chi connectivity index (χ1n) is 23.7. The van der Waals surface area contributed by atoms with Crippen molar-refractivity contribution in [3.05, 3.63) is 273 Å². The van der Waals surface area contributed by atoms with E-state index in [1.165, 1.54) is 60.4 Å². The average Bonchev–Trinajstić information content (AvgIpc) is 3.96. The highest BCUT2D eigenvalue weighted by molar-refractivity contribution is 6.28. The molecule has 0 saturated carbocycles. The first kappa shape index (κ1) is 40.1. The molecule has 324 valence electrons. The van der Waals surface area contributed by atoms with E-state index in [1.54, 1.807) is 0 Å². The van der Waals surface area contributed by atoms with Gasteiger partial charge in [-0.2, -0.15) is 0 Å². The van der Waals surface area contributed by atoms with Crippen molar-refractivity contribution in [1.29, 1.82) is 0 Å². The minimum atomic E-state index is 1.09. The highest BCUT2D eigenvalue weighted by Gasteiger charge is 2.28. The van der Waals surface area contributed by atoms with Gasteiger partial charge >= 0.3 is 0 Å². The van der Waals surface area contributed by atoms with Crippen LogP contribution in [0.1, 0.15) is 0 Å². The standard InChI is InChI=1S/C66H45N3/c1-7-22-46(23-8-1)50-40-42-54(48-26-11-3-12-27-48)62(44-50)67(52-30-15-5-16-31-52)58-36-20-38-60-64(58)56-34-19-35-57-65-59(37-21-39-61(65)69(60)66(56)57)68(53-32-17-6-18-33-53)63-45-51(47-24-9-2-10-25-47)41-43-55(63)49-28-13-4-14-29-49/h1-45H. The molecule has 0 N–H and O–H groups in total. The van der Waals surface area contributed by atoms with Gasteiger partial charge in [0.15, 0.2) is 0 Å². The third kappa shape index (κ3) is 6.82. The maximum atomic E-state index is 2.52. The second kappa shape index (κ2) is 16.9. The van der Waals surface area contributed by atoms with Gasteiger partial charge in [0.05, 0.1) is 39.3 Å². The molecule has 3 nitrogen and oxygen atoms in total. The molecule has 69 heavy (non-hydrogen) atoms. The average molecular weight is 880 g/mol. The zero-order valence-electron chi connectivity index (χ0n) is 37.8. The molecule has 13 aromatic rings. The lowest BCUT2D eigenvalue weighted by atomic mass is 9.96. The van der Waals surface area contributed by atoms with Gasteiger partial charge in [-0.3, -0.25) is 0 Å². The summed E-state index contributed by atoms with van der Waals surface area (Å²) in [6.45, 7) is 0. The van der Waals surface area contributed by atoms with Crippen LogP contribution in [0.4, 0.5) is 34.1 Å². The van der Waals surface area contributed by atoms with E-state index in [9.17, 15) is 0 Å². The predicted molar refractivity (Wildman–Crippen MR) is 292 cm³/mol. The molecular formula is C66H45N3. The molecule has 0 unspecified atom stereocenters. The zero-order valence-corrected chi connectivity index (χ0v) is 37.8. The van der Waals surface area contributed by atoms with Crippen LogP contribution in [0.3, 0.4) is 0 Å². The zero-order chi connectivity index (χ0) is 45.7. The summed E-state index contributed by atoms with van der Waals surface area (Å²) in [7, 11) is 0. The smallest absolute Gasteiger partial charge is 0.0622 e. The fraction of sp³-hybridized carbons (Fsp3) is 0. The van der Waals surface area contributed by atoms with E-state index in [0.29, 0.717) is 0 Å². The number of hydrogen-bond donors (Lipinski definition) is 0. The molecule has 0 fully saturated rings. The van der Waals surface area contributed by atoms with Crippen molar-refractivity contribution in [3.63, 3.8) is 0 Å². The number of para-hydroxylation sites is 3. The molecule has 2 aromatic heterocycles. The molecule has 11 aromatic carbocycles. The quantitative estimate of drug-likeness (QED) is 0.136. The number of hydrogen-bond acceptors (Lipinski definition) is 2. The second-order valence-corrected chi connectivity index (χ2v) is 17.6. The summed E-state index contributed by atoms with van der Waals surface area (Å²) in [4.78, 5) is 4.96. The van der Waals surface area contributed by atoms with Gasteiger partial charge in [-0.25, -0.2) is 0 Å². The lowest BCUT2D eigenvalue weighted by Crippen LogP contribution is -2.12. The lowest BCUT2D eigenvalue weighted by molar-refractivity contribution is 1.29. The van der Waals surface area contributed by atoms with Gasteiger partial charge in [0.2, 0.25) is 0 Å². The fourth-order valence-corrected chi connectivity index (χ4v) is 10.7. The third-order valence-corrected chi connectivity index (χ3v) is 13.7. The van der Waals surface area contributed by atoms with Gasteiger partial charge in [0.1, 0.15) is 0 Å². The van der Waals surface area contributed by atoms with Crippen LogP contribution < -0.4 is 9.80 Å². The Morgan fingerprint density at radius 1 is 0.246 bits per heavy atom. The molecular weight excluding hydrogens is 835 g/mol. The van der Waals surface area contributed by atoms with Gasteiger partial charge in [0.25, 0.3) is 0 Å². The molecule has 0 amide bonds. The maximum Gasteiger partial charge on any atom is 0.0622 e. The minimum absolute atomic E-state index is 1.09. The molecule has 0 radical (unpaired) electrons. The molecule has 0 bridgehead atoms. The number of benzene rings is 11. The number of rotatable bonds is 10. The van der Waals surface area contributed by atoms with E-state index in [4.69, 9.17) is 0 Å². The Morgan fingerprint density at radius 3 is 0.986 bits per heavy atom. The molecule has 0 spiro atoms. The van der Waals surface area contributed by atoms with Crippen molar-refractivity contribution in [2.45, 2.75) is 0 Å². The van der Waals surface area contributed by atoms with E-state index in [-0.39, 0.29) is 0 Å². The minimum Gasteiger partial charge on any atom is -0.309 e. The Hall–Kier alpha value is -9.18. The SMILES string of the molecule is c1ccc(-c2ccc(-c3ccccc3)c(N(c3ccccc3)c3cccc4c3c3cccc5c6c(N(c7ccccc7)c7cc(-c8ccccc8)ccc7-c7ccccc7)cccc6n4c35)c2)cc1. The predicted octanol–water partition coefficient (Wildman–Crippen LogP) is 18.4. The van der Waals surface area contributed by atoms with Crippen LogP contribution in [0.5, 0.6) is 0 Å². The molecule has 2 heterocycles. The van der Waals surface area contributed by atoms with E-state index in [2.05, 4.69) is 287 Å². The van der Waals surface area contributed by atoms with E-state index < -0.39 is 0 Å². The van der Waals surface area contributed by atoms with Crippen LogP contribution in [-0.2, 0) is 0 Å². The summed E-state index contributed by atoms with van der Waals surface area (Å²) in [5.41, 5.74) is 19.5. The van der Waals surface area contributed by atoms with Crippen molar-refractivity contribution in [3.8, 4) is 44.5 Å². The third-order valence-electron chi connectivity index (χ3n) is 13.7. The fourth-order valence-electron chi connectivity index (χ4n) is 10.7. The molecule has 0 saturated heterocycles. The Kier molecular flexibility index (Phi) is 9.84. The van der Waals surface area contributed by atoms with Gasteiger partial charge in [0, 0.05) is 44.0 Å². The number of nitrogens with zero attached hydrogens (tertiary/aromatic N) is 3. The summed E-state index contributed by atoms with van der Waals surface area (Å²) in [6.07, 6.45) is 0. The monoisotopic (exact) mass is 879 g/mol. The molecule has 0 aliphatic heterocycles. The number of fused-ring (bicyclic) bond motifs is 6. The van der Waals surface area contributed by atoms with Crippen molar-refractivity contribution in [2.24, 2.45) is 0 Å². The van der Waals surface area contributed by atoms with Crippen LogP contribution in [0.2, 0.25) is 0 Å². The highest BCUT2D eigenvalue weighted by atomic mass is 15.2. The van der Waals surface area contributed by atoms with Crippen molar-refractivity contribution < 1.29 is 0 Å². The van der Waals surface area contributed by atoms with Gasteiger partial charge in [-0.1, -0.05) is 212 Å². The molecule has 13 rings (SSSR count). The summed E-state index contributed by atoms with van der Waals surface area (Å²) in [5, 5.41) is 4.84. The second-order valence-electron chi connectivity index (χ2n) is 17.6. The molecule has 0 aliphatic rings. The van der Waals surface area contributed by atoms with Gasteiger partial charge in [-0.15, -0.1) is 0 Å². The number of aromatic nitrogens is 1. The van der Waals surface area contributed by atoms with Crippen LogP contribution in [-0.4, -0.2) is 4.40 Å². The van der Waals surface area contributed by atoms with Gasteiger partial charge in [-0.05, 0) is 94.0 Å². The molecule has 0 atom stereocenters. The van der Waals surface area contributed by atoms with E-state index in [1.807, 2.05) is 0 Å². The summed E-state index contributed by atoms with van der Waals surface area (Å²) in [5.74, 6) is 0. The van der Waals surface area contributed by atoms with Crippen molar-refractivity contribution in [2.75, 3.05) is 9.80 Å². The van der Waals surface area contributed by atoms with E-state index in [0.717, 1.165) is 56.3 Å². The molecule has 0 aliphatic carbocycles. The van der Waals surface area contributed by atoms with Crippen LogP contribution >= 0.6 is 0 Å². The Balaban J connectivity index is 1.08. The summed E-state index contributed by atoms with van der Waals surface area (Å²) < 4.78 is 2.52. The highest BCUT2D eigenvalue weighted by Crippen LogP contribution is 2.52.